The highest BCUT2D eigenvalue weighted by molar-refractivity contribution is 5.63. The Balaban J connectivity index is 3.06. The van der Waals surface area contributed by atoms with Gasteiger partial charge in [0.2, 0.25) is 0 Å². The van der Waals surface area contributed by atoms with Crippen LogP contribution in [0.25, 0.3) is 0 Å². The molecule has 142 valence electrons. The van der Waals surface area contributed by atoms with E-state index in [-0.39, 0.29) is 6.42 Å². The summed E-state index contributed by atoms with van der Waals surface area (Å²) < 4.78 is 0. The van der Waals surface area contributed by atoms with Crippen molar-refractivity contribution < 1.29 is 9.90 Å². The summed E-state index contributed by atoms with van der Waals surface area (Å²) in [4.78, 5) is 10.3. The Hall–Kier alpha value is -0.790. The van der Waals surface area contributed by atoms with Gasteiger partial charge in [-0.3, -0.25) is 0 Å². The number of carbonyl (C=O) groups excluding carboxylic acids is 1. The number of allylic oxidation sites excluding steroid dienone is 2. The van der Waals surface area contributed by atoms with Gasteiger partial charge in [-0.25, -0.2) is 0 Å². The van der Waals surface area contributed by atoms with E-state index < -0.39 is 5.97 Å². The maximum atomic E-state index is 10.3. The van der Waals surface area contributed by atoms with Gasteiger partial charge in [-0.2, -0.15) is 0 Å². The molecule has 0 amide bonds. The first-order valence-corrected chi connectivity index (χ1v) is 10.6. The predicted molar refractivity (Wildman–Crippen MR) is 103 cm³/mol. The van der Waals surface area contributed by atoms with Crippen molar-refractivity contribution in [2.24, 2.45) is 0 Å². The SMILES string of the molecule is CCCCCCCC/C=C/CCCCCCCCCCCC(=O)[O-]. The van der Waals surface area contributed by atoms with Gasteiger partial charge in [0.15, 0.2) is 0 Å². The number of rotatable bonds is 19. The molecule has 0 atom stereocenters. The predicted octanol–water partition coefficient (Wildman–Crippen LogP) is 6.33. The number of hydrogen-bond donors (Lipinski definition) is 0. The highest BCUT2D eigenvalue weighted by Gasteiger charge is 1.93. The van der Waals surface area contributed by atoms with Crippen LogP contribution in [0.5, 0.6) is 0 Å². The Morgan fingerprint density at radius 2 is 1.00 bits per heavy atom. The Bertz CT molecular complexity index is 284. The summed E-state index contributed by atoms with van der Waals surface area (Å²) in [5, 5.41) is 10.3. The topological polar surface area (TPSA) is 40.1 Å². The van der Waals surface area contributed by atoms with Crippen molar-refractivity contribution in [3.05, 3.63) is 12.2 Å². The molecular weight excluding hydrogens is 296 g/mol. The molecule has 0 heterocycles. The van der Waals surface area contributed by atoms with Gasteiger partial charge in [-0.15, -0.1) is 0 Å². The fraction of sp³-hybridized carbons (Fsp3) is 0.864. The zero-order valence-electron chi connectivity index (χ0n) is 16.2. The maximum Gasteiger partial charge on any atom is 0.0414 e. The number of unbranched alkanes of at least 4 members (excludes halogenated alkanes) is 15. The first kappa shape index (κ1) is 23.2. The summed E-state index contributed by atoms with van der Waals surface area (Å²) in [5.41, 5.74) is 0. The Morgan fingerprint density at radius 1 is 0.625 bits per heavy atom. The molecule has 0 N–H and O–H groups in total. The van der Waals surface area contributed by atoms with Crippen LogP contribution in [0.3, 0.4) is 0 Å². The molecular formula is C22H41O2-. The molecule has 0 aromatic rings. The molecule has 0 aromatic carbocycles. The van der Waals surface area contributed by atoms with Crippen LogP contribution < -0.4 is 5.11 Å². The van der Waals surface area contributed by atoms with Crippen molar-refractivity contribution >= 4 is 5.97 Å². The molecule has 0 aromatic heterocycles. The molecule has 0 aliphatic heterocycles. The molecule has 0 rings (SSSR count). The van der Waals surface area contributed by atoms with Crippen LogP contribution >= 0.6 is 0 Å². The van der Waals surface area contributed by atoms with Crippen LogP contribution in [0.2, 0.25) is 0 Å². The Kier molecular flexibility index (Phi) is 19.6. The number of carboxylic acids is 1. The van der Waals surface area contributed by atoms with Gasteiger partial charge in [0.25, 0.3) is 0 Å². The fourth-order valence-corrected chi connectivity index (χ4v) is 3.05. The summed E-state index contributed by atoms with van der Waals surface area (Å²) >= 11 is 0. The van der Waals surface area contributed by atoms with E-state index in [9.17, 15) is 9.90 Å². The smallest absolute Gasteiger partial charge is 0.0414 e. The lowest BCUT2D eigenvalue weighted by Gasteiger charge is -2.03. The van der Waals surface area contributed by atoms with E-state index in [0.717, 1.165) is 12.8 Å². The molecule has 0 fully saturated rings. The highest BCUT2D eigenvalue weighted by atomic mass is 16.4. The molecule has 0 saturated carbocycles. The molecule has 0 aliphatic carbocycles. The van der Waals surface area contributed by atoms with Crippen molar-refractivity contribution in [2.75, 3.05) is 0 Å². The van der Waals surface area contributed by atoms with Gasteiger partial charge in [-0.05, 0) is 38.5 Å². The number of hydrogen-bond acceptors (Lipinski definition) is 2. The summed E-state index contributed by atoms with van der Waals surface area (Å²) in [6, 6.07) is 0. The average molecular weight is 338 g/mol. The minimum Gasteiger partial charge on any atom is -0.550 e. The lowest BCUT2D eigenvalue weighted by Crippen LogP contribution is -2.21. The second-order valence-corrected chi connectivity index (χ2v) is 7.12. The Morgan fingerprint density at radius 3 is 1.42 bits per heavy atom. The average Bonchev–Trinajstić information content (AvgIpc) is 2.56. The third-order valence-electron chi connectivity index (χ3n) is 4.64. The number of carbonyl (C=O) groups is 1. The van der Waals surface area contributed by atoms with E-state index in [1.807, 2.05) is 0 Å². The summed E-state index contributed by atoms with van der Waals surface area (Å²) in [5.74, 6) is -0.906. The second-order valence-electron chi connectivity index (χ2n) is 7.12. The van der Waals surface area contributed by atoms with Crippen LogP contribution in [0.1, 0.15) is 122 Å². The monoisotopic (exact) mass is 337 g/mol. The van der Waals surface area contributed by atoms with Crippen molar-refractivity contribution in [3.8, 4) is 0 Å². The van der Waals surface area contributed by atoms with E-state index in [2.05, 4.69) is 19.1 Å². The van der Waals surface area contributed by atoms with Gasteiger partial charge < -0.3 is 9.90 Å². The quantitative estimate of drug-likeness (QED) is 0.204. The highest BCUT2D eigenvalue weighted by Crippen LogP contribution is 2.12. The van der Waals surface area contributed by atoms with Crippen molar-refractivity contribution in [1.29, 1.82) is 0 Å². The van der Waals surface area contributed by atoms with Crippen LogP contribution in [0, 0.1) is 0 Å². The molecule has 2 heteroatoms. The van der Waals surface area contributed by atoms with E-state index in [4.69, 9.17) is 0 Å². The summed E-state index contributed by atoms with van der Waals surface area (Å²) in [6.07, 6.45) is 26.8. The minimum atomic E-state index is -0.906. The van der Waals surface area contributed by atoms with Gasteiger partial charge >= 0.3 is 0 Å². The molecule has 0 aliphatic rings. The van der Waals surface area contributed by atoms with Crippen molar-refractivity contribution in [3.63, 3.8) is 0 Å². The third kappa shape index (κ3) is 21.2. The van der Waals surface area contributed by atoms with Crippen LogP contribution in [0.4, 0.5) is 0 Å². The van der Waals surface area contributed by atoms with Crippen LogP contribution in [-0.2, 0) is 4.79 Å². The molecule has 0 spiro atoms. The first-order valence-electron chi connectivity index (χ1n) is 10.6. The van der Waals surface area contributed by atoms with Crippen molar-refractivity contribution in [2.45, 2.75) is 122 Å². The first-order chi connectivity index (χ1) is 11.8. The summed E-state index contributed by atoms with van der Waals surface area (Å²) in [6.45, 7) is 2.27. The van der Waals surface area contributed by atoms with E-state index in [1.54, 1.807) is 0 Å². The fourth-order valence-electron chi connectivity index (χ4n) is 3.05. The summed E-state index contributed by atoms with van der Waals surface area (Å²) in [7, 11) is 0. The molecule has 0 saturated heterocycles. The number of carboxylic acid groups (broad SMARTS) is 1. The van der Waals surface area contributed by atoms with Gasteiger partial charge in [0.05, 0.1) is 0 Å². The van der Waals surface area contributed by atoms with E-state index in [0.29, 0.717) is 0 Å². The van der Waals surface area contributed by atoms with Crippen LogP contribution in [-0.4, -0.2) is 5.97 Å². The molecule has 24 heavy (non-hydrogen) atoms. The van der Waals surface area contributed by atoms with E-state index in [1.165, 1.54) is 96.3 Å². The molecule has 0 unspecified atom stereocenters. The molecule has 0 bridgehead atoms. The molecule has 2 nitrogen and oxygen atoms in total. The minimum absolute atomic E-state index is 0.229. The zero-order chi connectivity index (χ0) is 17.7. The zero-order valence-corrected chi connectivity index (χ0v) is 16.2. The second kappa shape index (κ2) is 20.3. The van der Waals surface area contributed by atoms with Gasteiger partial charge in [0.1, 0.15) is 0 Å². The maximum absolute atomic E-state index is 10.3. The molecule has 0 radical (unpaired) electrons. The van der Waals surface area contributed by atoms with E-state index >= 15 is 0 Å². The third-order valence-corrected chi connectivity index (χ3v) is 4.64. The van der Waals surface area contributed by atoms with Crippen molar-refractivity contribution in [1.82, 2.24) is 0 Å². The van der Waals surface area contributed by atoms with Crippen LogP contribution in [0.15, 0.2) is 12.2 Å². The standard InChI is InChI=1S/C22H42O2/c1-2-3-4-5-6-7-8-9-10-11-12-13-14-15-16-17-18-19-20-21-22(23)24/h9-10H,2-8,11-21H2,1H3,(H,23,24)/p-1/b10-9+. The Labute approximate surface area is 151 Å². The largest absolute Gasteiger partial charge is 0.550 e. The van der Waals surface area contributed by atoms with Gasteiger partial charge in [-0.1, -0.05) is 96.1 Å². The number of aliphatic carboxylic acids is 1. The lowest BCUT2D eigenvalue weighted by molar-refractivity contribution is -0.305. The normalized spacial score (nSPS) is 11.4. The lowest BCUT2D eigenvalue weighted by atomic mass is 10.1. The van der Waals surface area contributed by atoms with Gasteiger partial charge in [0, 0.05) is 5.97 Å².